The van der Waals surface area contributed by atoms with Crippen LogP contribution in [-0.2, 0) is 11.3 Å². The minimum absolute atomic E-state index is 0.149. The van der Waals surface area contributed by atoms with Gasteiger partial charge in [-0.2, -0.15) is 0 Å². The van der Waals surface area contributed by atoms with Gasteiger partial charge in [0.25, 0.3) is 0 Å². The van der Waals surface area contributed by atoms with E-state index in [4.69, 9.17) is 33.0 Å². The first-order chi connectivity index (χ1) is 16.3. The Morgan fingerprint density at radius 1 is 1.15 bits per heavy atom. The number of aliphatic hydroxyl groups excluding tert-OH is 1. The average Bonchev–Trinajstić information content (AvgIpc) is 3.17. The Labute approximate surface area is 208 Å². The zero-order valence-electron chi connectivity index (χ0n) is 18.6. The molecule has 2 aromatic carbocycles. The Hall–Kier alpha value is -2.10. The molecule has 3 N–H and O–H groups in total. The molecule has 2 aliphatic heterocycles. The molecule has 184 valence electrons. The average molecular weight is 512 g/mol. The first kappa shape index (κ1) is 25.0. The van der Waals surface area contributed by atoms with Crippen molar-refractivity contribution in [3.05, 3.63) is 57.8 Å². The summed E-state index contributed by atoms with van der Waals surface area (Å²) in [6, 6.07) is 10.5. The minimum atomic E-state index is -1.14. The number of carboxylic acid groups (broad SMARTS) is 1. The minimum Gasteiger partial charge on any atom is -0.480 e. The number of aliphatic hydroxyl groups is 1. The van der Waals surface area contributed by atoms with Crippen molar-refractivity contribution in [3.63, 3.8) is 0 Å². The van der Waals surface area contributed by atoms with E-state index in [1.54, 1.807) is 4.90 Å². The number of carboxylic acids is 1. The fraction of sp³-hybridized carbons (Fsp3) is 0.458. The van der Waals surface area contributed by atoms with Crippen molar-refractivity contribution in [2.75, 3.05) is 37.7 Å². The topological polar surface area (TPSA) is 85.3 Å². The molecule has 0 aliphatic carbocycles. The van der Waals surface area contributed by atoms with E-state index >= 15 is 0 Å². The lowest BCUT2D eigenvalue weighted by Crippen LogP contribution is -2.49. The molecule has 2 aromatic rings. The highest BCUT2D eigenvalue weighted by Crippen LogP contribution is 2.35. The van der Waals surface area contributed by atoms with Gasteiger partial charge in [0.15, 0.2) is 6.61 Å². The predicted octanol–water partition coefficient (Wildman–Crippen LogP) is 3.40. The van der Waals surface area contributed by atoms with Gasteiger partial charge in [0.2, 0.25) is 0 Å². The van der Waals surface area contributed by atoms with Gasteiger partial charge in [-0.15, -0.1) is 0 Å². The number of hydrogen-bond donors (Lipinski definition) is 3. The molecule has 10 heteroatoms. The molecule has 7 nitrogen and oxygen atoms in total. The van der Waals surface area contributed by atoms with Gasteiger partial charge in [0.1, 0.15) is 11.6 Å². The van der Waals surface area contributed by atoms with Crippen LogP contribution in [0.2, 0.25) is 10.0 Å². The van der Waals surface area contributed by atoms with Crippen molar-refractivity contribution in [1.82, 2.24) is 10.2 Å². The summed E-state index contributed by atoms with van der Waals surface area (Å²) in [5, 5.41) is 23.8. The fourth-order valence-corrected chi connectivity index (χ4v) is 4.86. The highest BCUT2D eigenvalue weighted by Gasteiger charge is 2.35. The lowest BCUT2D eigenvalue weighted by atomic mass is 10.0. The molecule has 0 saturated carbocycles. The summed E-state index contributed by atoms with van der Waals surface area (Å²) in [5.74, 6) is -1.59. The maximum Gasteiger partial charge on any atom is 0.341 e. The number of benzene rings is 2. The Bertz CT molecular complexity index is 1000. The number of hydrogen-bond acceptors (Lipinski definition) is 6. The van der Waals surface area contributed by atoms with E-state index in [1.165, 1.54) is 17.7 Å². The van der Waals surface area contributed by atoms with Crippen LogP contribution in [0.3, 0.4) is 0 Å². The number of nitrogens with one attached hydrogen (secondary N) is 1. The van der Waals surface area contributed by atoms with Crippen LogP contribution in [0.5, 0.6) is 5.75 Å². The van der Waals surface area contributed by atoms with Crippen LogP contribution in [0, 0.1) is 5.82 Å². The van der Waals surface area contributed by atoms with Gasteiger partial charge in [0.05, 0.1) is 22.9 Å². The summed E-state index contributed by atoms with van der Waals surface area (Å²) < 4.78 is 19.5. The summed E-state index contributed by atoms with van der Waals surface area (Å²) in [4.78, 5) is 15.1. The third-order valence-corrected chi connectivity index (χ3v) is 6.88. The number of rotatable bonds is 8. The standard InChI is InChI=1S/C24H28Cl2FN3O4/c25-16-3-1-15(2-4-16)11-29-7-5-17(6-8-29)28-20-12-30(13-22(20)31)21-10-19(27)18(26)9-23(21)34-14-24(32)33/h1-4,9-10,17,20,22,28,31H,5-8,11-14H2,(H,32,33)/t20-,22-/m1/s1. The normalized spacial score (nSPS) is 21.7. The van der Waals surface area contributed by atoms with Crippen LogP contribution in [0.15, 0.2) is 36.4 Å². The largest absolute Gasteiger partial charge is 0.480 e. The summed E-state index contributed by atoms with van der Waals surface area (Å²) in [5.41, 5.74) is 1.61. The molecule has 2 saturated heterocycles. The first-order valence-electron chi connectivity index (χ1n) is 11.3. The van der Waals surface area contributed by atoms with Crippen molar-refractivity contribution in [2.45, 2.75) is 37.6 Å². The molecular formula is C24H28Cl2FN3O4. The Kier molecular flexibility index (Phi) is 8.16. The Balaban J connectivity index is 1.33. The zero-order valence-corrected chi connectivity index (χ0v) is 20.1. The molecule has 0 radical (unpaired) electrons. The van der Waals surface area contributed by atoms with Crippen molar-refractivity contribution in [1.29, 1.82) is 0 Å². The molecule has 34 heavy (non-hydrogen) atoms. The van der Waals surface area contributed by atoms with Gasteiger partial charge in [-0.1, -0.05) is 35.3 Å². The van der Waals surface area contributed by atoms with Crippen molar-refractivity contribution in [3.8, 4) is 5.75 Å². The second kappa shape index (κ2) is 11.1. The molecule has 2 aliphatic rings. The van der Waals surface area contributed by atoms with Crippen LogP contribution in [-0.4, -0.2) is 72.1 Å². The SMILES string of the molecule is O=C(O)COc1cc(Cl)c(F)cc1N1C[C@@H](O)[C@H](NC2CCN(Cc3ccc(Cl)cc3)CC2)C1. The second-order valence-corrected chi connectivity index (χ2v) is 9.68. The van der Waals surface area contributed by atoms with Gasteiger partial charge in [-0.05, 0) is 43.6 Å². The molecule has 2 fully saturated rings. The van der Waals surface area contributed by atoms with Crippen LogP contribution in [0.1, 0.15) is 18.4 Å². The number of piperidine rings is 1. The maximum absolute atomic E-state index is 14.2. The van der Waals surface area contributed by atoms with Gasteiger partial charge < -0.3 is 25.2 Å². The highest BCUT2D eigenvalue weighted by atomic mass is 35.5. The van der Waals surface area contributed by atoms with Crippen LogP contribution in [0.25, 0.3) is 0 Å². The van der Waals surface area contributed by atoms with Crippen molar-refractivity contribution >= 4 is 34.9 Å². The van der Waals surface area contributed by atoms with E-state index in [9.17, 15) is 14.3 Å². The van der Waals surface area contributed by atoms with Gasteiger partial charge in [0, 0.05) is 42.8 Å². The molecule has 2 heterocycles. The van der Waals surface area contributed by atoms with Gasteiger partial charge >= 0.3 is 5.97 Å². The third-order valence-electron chi connectivity index (χ3n) is 6.34. The van der Waals surface area contributed by atoms with Gasteiger partial charge in [-0.25, -0.2) is 9.18 Å². The second-order valence-electron chi connectivity index (χ2n) is 8.84. The summed E-state index contributed by atoms with van der Waals surface area (Å²) in [6.07, 6.45) is 1.26. The molecular weight excluding hydrogens is 484 g/mol. The molecule has 0 aromatic heterocycles. The molecule has 0 spiro atoms. The van der Waals surface area contributed by atoms with E-state index in [2.05, 4.69) is 10.2 Å². The molecule has 0 amide bonds. The molecule has 0 bridgehead atoms. The summed E-state index contributed by atoms with van der Waals surface area (Å²) >= 11 is 11.8. The van der Waals surface area contributed by atoms with Crippen molar-refractivity contribution < 1.29 is 24.1 Å². The molecule has 4 rings (SSSR count). The van der Waals surface area contributed by atoms with Crippen LogP contribution < -0.4 is 15.0 Å². The summed E-state index contributed by atoms with van der Waals surface area (Å²) in [7, 11) is 0. The highest BCUT2D eigenvalue weighted by molar-refractivity contribution is 6.31. The predicted molar refractivity (Wildman–Crippen MR) is 129 cm³/mol. The zero-order chi connectivity index (χ0) is 24.2. The van der Waals surface area contributed by atoms with Crippen molar-refractivity contribution in [2.24, 2.45) is 0 Å². The van der Waals surface area contributed by atoms with E-state index in [-0.39, 0.29) is 29.4 Å². The fourth-order valence-electron chi connectivity index (χ4n) is 4.58. The number of aliphatic carboxylic acids is 1. The van der Waals surface area contributed by atoms with E-state index in [0.717, 1.165) is 37.5 Å². The smallest absolute Gasteiger partial charge is 0.341 e. The van der Waals surface area contributed by atoms with Crippen LogP contribution in [0.4, 0.5) is 10.1 Å². The van der Waals surface area contributed by atoms with E-state index in [0.29, 0.717) is 12.2 Å². The number of carbonyl (C=O) groups is 1. The number of nitrogens with zero attached hydrogens (tertiary/aromatic N) is 2. The number of halogens is 3. The maximum atomic E-state index is 14.2. The van der Waals surface area contributed by atoms with E-state index in [1.807, 2.05) is 24.3 Å². The number of likely N-dealkylation sites (tertiary alicyclic amines) is 1. The Morgan fingerprint density at radius 3 is 2.53 bits per heavy atom. The first-order valence-corrected chi connectivity index (χ1v) is 12.0. The van der Waals surface area contributed by atoms with Gasteiger partial charge in [-0.3, -0.25) is 4.90 Å². The molecule has 2 atom stereocenters. The lowest BCUT2D eigenvalue weighted by molar-refractivity contribution is -0.139. The lowest BCUT2D eigenvalue weighted by Gasteiger charge is -2.34. The number of anilines is 1. The monoisotopic (exact) mass is 511 g/mol. The molecule has 0 unspecified atom stereocenters. The summed E-state index contributed by atoms with van der Waals surface area (Å²) in [6.45, 7) is 2.92. The number of ether oxygens (including phenoxy) is 1. The third kappa shape index (κ3) is 6.31. The Morgan fingerprint density at radius 2 is 1.85 bits per heavy atom. The van der Waals surface area contributed by atoms with E-state index < -0.39 is 24.5 Å². The van der Waals surface area contributed by atoms with Crippen LogP contribution >= 0.6 is 23.2 Å². The number of β-amino-alcohol motifs (C(OH)–C–C–N with tert-alkyl or cyclic N) is 1. The quantitative estimate of drug-likeness (QED) is 0.500.